The largest absolute Gasteiger partial charge is 0.395 e. The molecule has 3 fully saturated rings. The van der Waals surface area contributed by atoms with E-state index in [4.69, 9.17) is 4.74 Å². The van der Waals surface area contributed by atoms with Crippen LogP contribution in [0.4, 0.5) is 13.2 Å². The Morgan fingerprint density at radius 3 is 2.63 bits per heavy atom. The van der Waals surface area contributed by atoms with Crippen LogP contribution in [-0.2, 0) is 17.7 Å². The van der Waals surface area contributed by atoms with Gasteiger partial charge in [0.1, 0.15) is 17.5 Å². The van der Waals surface area contributed by atoms with Crippen LogP contribution in [0.5, 0.6) is 0 Å². The molecule has 38 heavy (non-hydrogen) atoms. The van der Waals surface area contributed by atoms with Gasteiger partial charge in [0.25, 0.3) is 5.56 Å². The van der Waals surface area contributed by atoms with Crippen LogP contribution in [0.15, 0.2) is 47.4 Å². The molecule has 2 saturated heterocycles. The molecule has 0 amide bonds. The van der Waals surface area contributed by atoms with Crippen molar-refractivity contribution in [3.05, 3.63) is 81.5 Å². The van der Waals surface area contributed by atoms with Crippen molar-refractivity contribution in [2.45, 2.75) is 55.9 Å². The number of nitrogens with zero attached hydrogens (tertiary/aromatic N) is 2. The van der Waals surface area contributed by atoms with Crippen molar-refractivity contribution < 1.29 is 28.1 Å². The zero-order valence-electron chi connectivity index (χ0n) is 20.8. The van der Waals surface area contributed by atoms with E-state index in [1.54, 1.807) is 6.08 Å². The van der Waals surface area contributed by atoms with Crippen LogP contribution in [0, 0.1) is 17.5 Å². The molecular formula is C28H30F3N3O4. The molecule has 2 aromatic heterocycles. The van der Waals surface area contributed by atoms with E-state index in [0.717, 1.165) is 37.2 Å². The fraction of sp³-hybridized carbons (Fsp3) is 0.429. The molecule has 0 unspecified atom stereocenters. The molecule has 6 rings (SSSR count). The minimum atomic E-state index is -1.02. The summed E-state index contributed by atoms with van der Waals surface area (Å²) in [6, 6.07) is 6.14. The standard InChI is InChI=1S/C28H30F3N3O4/c29-19-3-4-21(30)18(14-19)2-1-11-33-27-7-9-28(10-8-27,38-17-27)24(36)15-20-22(31)16-32-23-5-6-25(37)34(12-13-35)26(20)23/h1-6,14,16,24,33,35-36H,7-13,15,17H2/b2-1+/t24-,27?,28?/m0/s1. The Kier molecular flexibility index (Phi) is 7.41. The Morgan fingerprint density at radius 2 is 1.92 bits per heavy atom. The van der Waals surface area contributed by atoms with E-state index in [2.05, 4.69) is 10.3 Å². The highest BCUT2D eigenvalue weighted by molar-refractivity contribution is 5.78. The zero-order chi connectivity index (χ0) is 26.9. The lowest BCUT2D eigenvalue weighted by Crippen LogP contribution is -2.65. The van der Waals surface area contributed by atoms with Crippen molar-refractivity contribution in [1.29, 1.82) is 0 Å². The highest BCUT2D eigenvalue weighted by Crippen LogP contribution is 2.46. The number of nitrogens with one attached hydrogen (secondary N) is 1. The topological polar surface area (TPSA) is 96.6 Å². The molecule has 1 atom stereocenters. The summed E-state index contributed by atoms with van der Waals surface area (Å²) in [5.41, 5.74) is -0.514. The second kappa shape index (κ2) is 10.6. The minimum Gasteiger partial charge on any atom is -0.395 e. The molecule has 0 spiro atoms. The van der Waals surface area contributed by atoms with Crippen LogP contribution in [0.25, 0.3) is 17.1 Å². The molecule has 3 aromatic rings. The van der Waals surface area contributed by atoms with Crippen LogP contribution < -0.4 is 10.9 Å². The van der Waals surface area contributed by atoms with Crippen LogP contribution in [0.1, 0.15) is 36.8 Å². The predicted molar refractivity (Wildman–Crippen MR) is 136 cm³/mol. The average molecular weight is 530 g/mol. The number of aliphatic hydroxyl groups excluding tert-OH is 2. The van der Waals surface area contributed by atoms with Crippen molar-refractivity contribution in [3.8, 4) is 0 Å². The Balaban J connectivity index is 1.27. The Bertz CT molecular complexity index is 1400. The lowest BCUT2D eigenvalue weighted by Gasteiger charge is -2.55. The third kappa shape index (κ3) is 5.01. The van der Waals surface area contributed by atoms with E-state index in [0.29, 0.717) is 31.5 Å². The van der Waals surface area contributed by atoms with Gasteiger partial charge in [0.15, 0.2) is 0 Å². The van der Waals surface area contributed by atoms with Crippen LogP contribution >= 0.6 is 0 Å². The highest BCUT2D eigenvalue weighted by atomic mass is 19.1. The van der Waals surface area contributed by atoms with Crippen LogP contribution in [0.3, 0.4) is 0 Å². The number of hydrogen-bond donors (Lipinski definition) is 3. The number of hydrogen-bond acceptors (Lipinski definition) is 6. The van der Waals surface area contributed by atoms with Crippen molar-refractivity contribution in [2.75, 3.05) is 19.8 Å². The van der Waals surface area contributed by atoms with Gasteiger partial charge in [-0.05, 0) is 49.9 Å². The van der Waals surface area contributed by atoms with Gasteiger partial charge in [-0.15, -0.1) is 0 Å². The summed E-state index contributed by atoms with van der Waals surface area (Å²) in [5, 5.41) is 24.2. The van der Waals surface area contributed by atoms with Gasteiger partial charge in [0.2, 0.25) is 0 Å². The van der Waals surface area contributed by atoms with E-state index < -0.39 is 29.2 Å². The van der Waals surface area contributed by atoms with Crippen molar-refractivity contribution in [3.63, 3.8) is 0 Å². The molecule has 0 radical (unpaired) electrons. The van der Waals surface area contributed by atoms with E-state index in [1.807, 2.05) is 0 Å². The van der Waals surface area contributed by atoms with E-state index >= 15 is 0 Å². The number of benzene rings is 1. The molecule has 4 heterocycles. The molecule has 2 bridgehead atoms. The highest BCUT2D eigenvalue weighted by Gasteiger charge is 2.53. The minimum absolute atomic E-state index is 0.0134. The summed E-state index contributed by atoms with van der Waals surface area (Å²) < 4.78 is 49.7. The normalized spacial score (nSPS) is 23.9. The van der Waals surface area contributed by atoms with Crippen LogP contribution in [-0.4, -0.2) is 56.8 Å². The Labute approximate surface area is 217 Å². The molecule has 1 aliphatic carbocycles. The number of pyridine rings is 2. The second-order valence-corrected chi connectivity index (χ2v) is 10.2. The lowest BCUT2D eigenvalue weighted by atomic mass is 9.68. The lowest BCUT2D eigenvalue weighted by molar-refractivity contribution is -0.207. The first kappa shape index (κ1) is 26.6. The fourth-order valence-electron chi connectivity index (χ4n) is 5.69. The third-order valence-corrected chi connectivity index (χ3v) is 7.92. The van der Waals surface area contributed by atoms with Gasteiger partial charge in [-0.3, -0.25) is 9.78 Å². The second-order valence-electron chi connectivity index (χ2n) is 10.2. The Morgan fingerprint density at radius 1 is 1.13 bits per heavy atom. The van der Waals surface area contributed by atoms with Crippen molar-refractivity contribution in [1.82, 2.24) is 14.9 Å². The number of fused-ring (bicyclic) bond motifs is 4. The first-order chi connectivity index (χ1) is 18.3. The molecule has 2 aliphatic heterocycles. The van der Waals surface area contributed by atoms with Crippen molar-refractivity contribution in [2.24, 2.45) is 0 Å². The summed E-state index contributed by atoms with van der Waals surface area (Å²) >= 11 is 0. The fourth-order valence-corrected chi connectivity index (χ4v) is 5.69. The van der Waals surface area contributed by atoms with Gasteiger partial charge in [-0.2, -0.15) is 0 Å². The van der Waals surface area contributed by atoms with Gasteiger partial charge < -0.3 is 24.8 Å². The number of halogens is 3. The van der Waals surface area contributed by atoms with Gasteiger partial charge in [0.05, 0.1) is 42.1 Å². The summed E-state index contributed by atoms with van der Waals surface area (Å²) in [6.07, 6.45) is 5.82. The SMILES string of the molecule is O=c1ccc2ncc(F)c(C[C@H](O)C34CCC(NC/C=C/c5cc(F)ccc5F)(CC3)CO4)c2n1CCO. The molecular weight excluding hydrogens is 499 g/mol. The molecule has 202 valence electrons. The first-order valence-electron chi connectivity index (χ1n) is 12.7. The number of aliphatic hydroxyl groups is 2. The summed E-state index contributed by atoms with van der Waals surface area (Å²) in [6.45, 7) is 0.471. The maximum absolute atomic E-state index is 15.0. The zero-order valence-corrected chi connectivity index (χ0v) is 20.8. The number of rotatable bonds is 9. The molecule has 7 nitrogen and oxygen atoms in total. The van der Waals surface area contributed by atoms with E-state index in [-0.39, 0.29) is 47.3 Å². The molecule has 1 aromatic carbocycles. The van der Waals surface area contributed by atoms with Gasteiger partial charge in [-0.25, -0.2) is 13.2 Å². The summed E-state index contributed by atoms with van der Waals surface area (Å²) in [7, 11) is 0. The average Bonchev–Trinajstić information content (AvgIpc) is 2.92. The number of ether oxygens (including phenoxy) is 1. The monoisotopic (exact) mass is 529 g/mol. The maximum Gasteiger partial charge on any atom is 0.251 e. The predicted octanol–water partition coefficient (Wildman–Crippen LogP) is 3.09. The maximum atomic E-state index is 15.0. The Hall–Kier alpha value is -3.05. The number of aromatic nitrogens is 2. The summed E-state index contributed by atoms with van der Waals surface area (Å²) in [5.74, 6) is -1.63. The van der Waals surface area contributed by atoms with Crippen molar-refractivity contribution >= 4 is 17.1 Å². The van der Waals surface area contributed by atoms with E-state index in [9.17, 15) is 28.2 Å². The van der Waals surface area contributed by atoms with Gasteiger partial charge >= 0.3 is 0 Å². The van der Waals surface area contributed by atoms with Gasteiger partial charge in [-0.1, -0.05) is 12.2 Å². The molecule has 3 N–H and O–H groups in total. The smallest absolute Gasteiger partial charge is 0.251 e. The van der Waals surface area contributed by atoms with Crippen LogP contribution in [0.2, 0.25) is 0 Å². The quantitative estimate of drug-likeness (QED) is 0.394. The first-order valence-corrected chi connectivity index (χ1v) is 12.7. The van der Waals surface area contributed by atoms with Gasteiger partial charge in [0, 0.05) is 42.2 Å². The third-order valence-electron chi connectivity index (χ3n) is 7.92. The summed E-state index contributed by atoms with van der Waals surface area (Å²) in [4.78, 5) is 16.5. The molecule has 3 aliphatic rings. The molecule has 10 heteroatoms. The van der Waals surface area contributed by atoms with E-state index in [1.165, 1.54) is 22.8 Å². The molecule has 1 saturated carbocycles.